The van der Waals surface area contributed by atoms with Crippen LogP contribution >= 0.6 is 0 Å². The number of hydrogen-bond donors (Lipinski definition) is 3. The standard InChI is InChI=1S/C22H27N5O4/c1-3-31-15-9-7-14(8-10-15)23-20(29)16-12-17(28)24-19-18(16)21(30)26-22(25-19)27-11-5-4-6-13(27)2/h7-10,13,16H,3-6,11-12H2,1-2H3,(H,23,29)(H2,24,25,26,28,30)/t13-,16-/m0/s1. The van der Waals surface area contributed by atoms with Crippen molar-refractivity contribution in [2.45, 2.75) is 51.5 Å². The first-order valence-electron chi connectivity index (χ1n) is 10.7. The monoisotopic (exact) mass is 425 g/mol. The Morgan fingerprint density at radius 3 is 2.74 bits per heavy atom. The van der Waals surface area contributed by atoms with Gasteiger partial charge in [-0.2, -0.15) is 4.98 Å². The number of benzene rings is 1. The van der Waals surface area contributed by atoms with Crippen LogP contribution in [0.1, 0.15) is 51.0 Å². The summed E-state index contributed by atoms with van der Waals surface area (Å²) in [4.78, 5) is 47.6. The minimum Gasteiger partial charge on any atom is -0.494 e. The molecule has 2 amide bonds. The Morgan fingerprint density at radius 1 is 1.26 bits per heavy atom. The summed E-state index contributed by atoms with van der Waals surface area (Å²) in [5.74, 6) is -0.382. The van der Waals surface area contributed by atoms with Crippen LogP contribution in [0.15, 0.2) is 29.1 Å². The smallest absolute Gasteiger partial charge is 0.258 e. The van der Waals surface area contributed by atoms with Gasteiger partial charge in [0.05, 0.1) is 18.1 Å². The van der Waals surface area contributed by atoms with Crippen molar-refractivity contribution < 1.29 is 14.3 Å². The number of fused-ring (bicyclic) bond motifs is 1. The van der Waals surface area contributed by atoms with E-state index in [4.69, 9.17) is 4.74 Å². The van der Waals surface area contributed by atoms with Crippen LogP contribution < -0.4 is 25.8 Å². The molecule has 31 heavy (non-hydrogen) atoms. The highest BCUT2D eigenvalue weighted by molar-refractivity contribution is 6.04. The molecule has 0 spiro atoms. The number of aromatic nitrogens is 2. The fourth-order valence-electron chi connectivity index (χ4n) is 4.16. The van der Waals surface area contributed by atoms with Crippen LogP contribution in [-0.2, 0) is 9.59 Å². The summed E-state index contributed by atoms with van der Waals surface area (Å²) >= 11 is 0. The number of H-pyrrole nitrogens is 1. The van der Waals surface area contributed by atoms with Gasteiger partial charge in [0.2, 0.25) is 17.8 Å². The molecule has 1 aromatic carbocycles. The van der Waals surface area contributed by atoms with Crippen molar-refractivity contribution in [1.29, 1.82) is 0 Å². The Hall–Kier alpha value is -3.36. The van der Waals surface area contributed by atoms with Gasteiger partial charge in [0.25, 0.3) is 5.56 Å². The first-order chi connectivity index (χ1) is 15.0. The highest BCUT2D eigenvalue weighted by Crippen LogP contribution is 2.31. The number of amides is 2. The van der Waals surface area contributed by atoms with E-state index in [2.05, 4.69) is 27.5 Å². The third-order valence-electron chi connectivity index (χ3n) is 5.76. The number of nitrogens with one attached hydrogen (secondary N) is 3. The van der Waals surface area contributed by atoms with Gasteiger partial charge in [-0.15, -0.1) is 0 Å². The van der Waals surface area contributed by atoms with Gasteiger partial charge in [0.15, 0.2) is 0 Å². The van der Waals surface area contributed by atoms with E-state index in [0.717, 1.165) is 25.8 Å². The summed E-state index contributed by atoms with van der Waals surface area (Å²) in [6.45, 7) is 5.32. The van der Waals surface area contributed by atoms with Gasteiger partial charge in [0, 0.05) is 24.7 Å². The Morgan fingerprint density at radius 2 is 2.03 bits per heavy atom. The van der Waals surface area contributed by atoms with Gasteiger partial charge in [-0.1, -0.05) is 0 Å². The second-order valence-electron chi connectivity index (χ2n) is 7.94. The van der Waals surface area contributed by atoms with Gasteiger partial charge >= 0.3 is 0 Å². The largest absolute Gasteiger partial charge is 0.494 e. The van der Waals surface area contributed by atoms with Gasteiger partial charge in [0.1, 0.15) is 11.6 Å². The lowest BCUT2D eigenvalue weighted by Crippen LogP contribution is -2.41. The normalized spacial score (nSPS) is 20.6. The molecular formula is C22H27N5O4. The minimum atomic E-state index is -0.917. The van der Waals surface area contributed by atoms with Gasteiger partial charge in [-0.3, -0.25) is 19.4 Å². The van der Waals surface area contributed by atoms with Crippen molar-refractivity contribution in [1.82, 2.24) is 9.97 Å². The van der Waals surface area contributed by atoms with Crippen LogP contribution in [0.3, 0.4) is 0 Å². The second-order valence-corrected chi connectivity index (χ2v) is 7.94. The van der Waals surface area contributed by atoms with Crippen molar-refractivity contribution >= 4 is 29.3 Å². The van der Waals surface area contributed by atoms with Crippen molar-refractivity contribution in [3.63, 3.8) is 0 Å². The minimum absolute atomic E-state index is 0.111. The summed E-state index contributed by atoms with van der Waals surface area (Å²) in [6.07, 6.45) is 3.06. The topological polar surface area (TPSA) is 116 Å². The molecule has 1 aromatic heterocycles. The maximum Gasteiger partial charge on any atom is 0.258 e. The van der Waals surface area contributed by atoms with Crippen LogP contribution in [0, 0.1) is 0 Å². The van der Waals surface area contributed by atoms with Crippen LogP contribution in [-0.4, -0.2) is 41.0 Å². The number of piperidine rings is 1. The first kappa shape index (κ1) is 20.9. The third kappa shape index (κ3) is 4.40. The molecule has 0 bridgehead atoms. The van der Waals surface area contributed by atoms with E-state index in [1.807, 2.05) is 11.8 Å². The fourth-order valence-corrected chi connectivity index (χ4v) is 4.16. The van der Waals surface area contributed by atoms with E-state index in [9.17, 15) is 14.4 Å². The number of nitrogens with zero attached hydrogens (tertiary/aromatic N) is 2. The average Bonchev–Trinajstić information content (AvgIpc) is 2.74. The van der Waals surface area contributed by atoms with Crippen molar-refractivity contribution in [2.75, 3.05) is 28.7 Å². The average molecular weight is 425 g/mol. The Balaban J connectivity index is 1.60. The van der Waals surface area contributed by atoms with E-state index in [1.54, 1.807) is 24.3 Å². The lowest BCUT2D eigenvalue weighted by molar-refractivity contribution is -0.123. The molecule has 4 rings (SSSR count). The first-order valence-corrected chi connectivity index (χ1v) is 10.7. The van der Waals surface area contributed by atoms with E-state index < -0.39 is 17.4 Å². The molecule has 2 atom stereocenters. The third-order valence-corrected chi connectivity index (χ3v) is 5.76. The fraction of sp³-hybridized carbons (Fsp3) is 0.455. The van der Waals surface area contributed by atoms with Crippen molar-refractivity contribution in [3.8, 4) is 5.75 Å². The molecule has 0 saturated carbocycles. The number of rotatable bonds is 5. The van der Waals surface area contributed by atoms with Crippen LogP contribution in [0.25, 0.3) is 0 Å². The van der Waals surface area contributed by atoms with Crippen molar-refractivity contribution in [2.24, 2.45) is 0 Å². The molecular weight excluding hydrogens is 398 g/mol. The number of anilines is 3. The molecule has 164 valence electrons. The summed E-state index contributed by atoms with van der Waals surface area (Å²) in [5.41, 5.74) is 0.352. The maximum atomic E-state index is 13.0. The summed E-state index contributed by atoms with van der Waals surface area (Å²) in [7, 11) is 0. The molecule has 1 saturated heterocycles. The number of ether oxygens (including phenoxy) is 1. The highest BCUT2D eigenvalue weighted by Gasteiger charge is 2.35. The predicted molar refractivity (Wildman–Crippen MR) is 118 cm³/mol. The molecule has 3 N–H and O–H groups in total. The molecule has 3 heterocycles. The number of hydrogen-bond acceptors (Lipinski definition) is 6. The Kier molecular flexibility index (Phi) is 5.92. The lowest BCUT2D eigenvalue weighted by Gasteiger charge is -2.34. The molecule has 2 aliphatic rings. The van der Waals surface area contributed by atoms with E-state index in [0.29, 0.717) is 24.0 Å². The number of carbonyl (C=O) groups excluding carboxylic acids is 2. The molecule has 1 fully saturated rings. The lowest BCUT2D eigenvalue weighted by atomic mass is 9.92. The molecule has 0 radical (unpaired) electrons. The van der Waals surface area contributed by atoms with Crippen LogP contribution in [0.2, 0.25) is 0 Å². The summed E-state index contributed by atoms with van der Waals surface area (Å²) < 4.78 is 5.40. The number of aromatic amines is 1. The van der Waals surface area contributed by atoms with E-state index in [1.165, 1.54) is 0 Å². The van der Waals surface area contributed by atoms with E-state index in [-0.39, 0.29) is 29.8 Å². The molecule has 2 aliphatic heterocycles. The van der Waals surface area contributed by atoms with Gasteiger partial charge in [-0.25, -0.2) is 0 Å². The summed E-state index contributed by atoms with van der Waals surface area (Å²) in [5, 5.41) is 5.46. The molecule has 0 unspecified atom stereocenters. The zero-order chi connectivity index (χ0) is 22.0. The Bertz CT molecular complexity index is 1030. The summed E-state index contributed by atoms with van der Waals surface area (Å²) in [6, 6.07) is 7.18. The maximum absolute atomic E-state index is 13.0. The van der Waals surface area contributed by atoms with Crippen LogP contribution in [0.4, 0.5) is 17.5 Å². The highest BCUT2D eigenvalue weighted by atomic mass is 16.5. The zero-order valence-electron chi connectivity index (χ0n) is 17.7. The molecule has 2 aromatic rings. The SMILES string of the molecule is CCOc1ccc(NC(=O)[C@H]2CC(=O)Nc3nc(N4CCCC[C@@H]4C)[nH]c(=O)c32)cc1. The van der Waals surface area contributed by atoms with E-state index >= 15 is 0 Å². The van der Waals surface area contributed by atoms with Gasteiger partial charge < -0.3 is 20.3 Å². The Labute approximate surface area is 180 Å². The quantitative estimate of drug-likeness (QED) is 0.678. The molecule has 0 aliphatic carbocycles. The van der Waals surface area contributed by atoms with Crippen molar-refractivity contribution in [3.05, 3.63) is 40.2 Å². The zero-order valence-corrected chi connectivity index (χ0v) is 17.7. The van der Waals surface area contributed by atoms with Gasteiger partial charge in [-0.05, 0) is 57.4 Å². The van der Waals surface area contributed by atoms with Crippen LogP contribution in [0.5, 0.6) is 5.75 Å². The number of carbonyl (C=O) groups is 2. The predicted octanol–water partition coefficient (Wildman–Crippen LogP) is 2.61. The molecule has 9 nitrogen and oxygen atoms in total. The molecule has 9 heteroatoms. The second kappa shape index (κ2) is 8.79.